The maximum atomic E-state index is 12.8. The maximum Gasteiger partial charge on any atom is 0.220 e. The van der Waals surface area contributed by atoms with Crippen molar-refractivity contribution in [2.45, 2.75) is 51.5 Å². The van der Waals surface area contributed by atoms with Gasteiger partial charge in [0.15, 0.2) is 5.78 Å². The zero-order valence-corrected chi connectivity index (χ0v) is 18.9. The summed E-state index contributed by atoms with van der Waals surface area (Å²) in [7, 11) is 5.82. The Morgan fingerprint density at radius 2 is 1.97 bits per heavy atom. The second-order valence-electron chi connectivity index (χ2n) is 8.22. The lowest BCUT2D eigenvalue weighted by Crippen LogP contribution is -2.35. The van der Waals surface area contributed by atoms with Crippen molar-refractivity contribution in [3.05, 3.63) is 33.2 Å². The summed E-state index contributed by atoms with van der Waals surface area (Å²) >= 11 is 7.31. The van der Waals surface area contributed by atoms with Gasteiger partial charge in [0.2, 0.25) is 11.9 Å². The molecule has 0 bridgehead atoms. The normalized spacial score (nSPS) is 15.9. The molecule has 0 saturated heterocycles. The van der Waals surface area contributed by atoms with Gasteiger partial charge in [-0.3, -0.25) is 9.59 Å². The van der Waals surface area contributed by atoms with E-state index in [2.05, 4.69) is 10.3 Å². The number of halogens is 1. The molecule has 0 unspecified atom stereocenters. The molecule has 1 aliphatic rings. The minimum Gasteiger partial charge on any atom is -0.350 e. The van der Waals surface area contributed by atoms with Crippen LogP contribution >= 0.6 is 22.9 Å². The average molecular weight is 437 g/mol. The fourth-order valence-corrected chi connectivity index (χ4v) is 5.20. The Kier molecular flexibility index (Phi) is 7.01. The monoisotopic (exact) mass is 436 g/mol. The van der Waals surface area contributed by atoms with E-state index in [0.717, 1.165) is 37.3 Å². The van der Waals surface area contributed by atoms with Crippen molar-refractivity contribution < 1.29 is 9.59 Å². The molecule has 0 atom stereocenters. The van der Waals surface area contributed by atoms with Gasteiger partial charge in [0.25, 0.3) is 0 Å². The molecule has 2 heterocycles. The maximum absolute atomic E-state index is 12.8. The molecule has 2 aromatic heterocycles. The zero-order valence-electron chi connectivity index (χ0n) is 17.3. The molecule has 1 N–H and O–H groups in total. The van der Waals surface area contributed by atoms with Gasteiger partial charge in [-0.25, -0.2) is 4.98 Å². The number of nitrogens with one attached hydrogen (secondary N) is 1. The molecule has 2 aromatic rings. The molecular weight excluding hydrogens is 408 g/mol. The van der Waals surface area contributed by atoms with Crippen LogP contribution in [0.2, 0.25) is 4.34 Å². The quantitative estimate of drug-likeness (QED) is 0.621. The predicted octanol–water partition coefficient (Wildman–Crippen LogP) is 4.43. The molecular formula is C21H29ClN4O2S. The lowest BCUT2D eigenvalue weighted by molar-refractivity contribution is -0.124. The van der Waals surface area contributed by atoms with E-state index in [0.29, 0.717) is 28.6 Å². The summed E-state index contributed by atoms with van der Waals surface area (Å²) in [6, 6.07) is 3.55. The third-order valence-corrected chi connectivity index (χ3v) is 7.03. The van der Waals surface area contributed by atoms with Gasteiger partial charge in [-0.1, -0.05) is 30.9 Å². The van der Waals surface area contributed by atoms with Gasteiger partial charge in [0, 0.05) is 34.0 Å². The van der Waals surface area contributed by atoms with Crippen LogP contribution in [0.15, 0.2) is 18.3 Å². The number of anilines is 1. The van der Waals surface area contributed by atoms with E-state index in [-0.39, 0.29) is 17.1 Å². The smallest absolute Gasteiger partial charge is 0.220 e. The highest BCUT2D eigenvalue weighted by atomic mass is 35.5. The molecule has 0 spiro atoms. The molecule has 0 radical (unpaired) electrons. The van der Waals surface area contributed by atoms with Gasteiger partial charge in [-0.2, -0.15) is 0 Å². The third kappa shape index (κ3) is 5.39. The summed E-state index contributed by atoms with van der Waals surface area (Å²) in [4.78, 5) is 32.6. The van der Waals surface area contributed by atoms with Crippen LogP contribution in [0, 0.1) is 5.41 Å². The van der Waals surface area contributed by atoms with Gasteiger partial charge in [-0.15, -0.1) is 11.3 Å². The summed E-state index contributed by atoms with van der Waals surface area (Å²) in [5.74, 6) is 0.938. The Morgan fingerprint density at radius 3 is 2.55 bits per heavy atom. The van der Waals surface area contributed by atoms with Crippen LogP contribution in [0.1, 0.15) is 60.3 Å². The second-order valence-corrected chi connectivity index (χ2v) is 9.94. The summed E-state index contributed by atoms with van der Waals surface area (Å²) in [6.45, 7) is 0.431. The van der Waals surface area contributed by atoms with Crippen molar-refractivity contribution in [1.29, 1.82) is 0 Å². The minimum absolute atomic E-state index is 0.00323. The lowest BCUT2D eigenvalue weighted by Gasteiger charge is -2.36. The number of hydrogen-bond acceptors (Lipinski definition) is 5. The number of thiophene rings is 1. The van der Waals surface area contributed by atoms with Crippen LogP contribution in [0.3, 0.4) is 0 Å². The molecule has 158 valence electrons. The SMILES string of the molecule is CN(C)c1ncc(CNC(=O)CC2(CC(=O)c3ccc(Cl)s3)CCCCC2)n1C. The number of carbonyl (C=O) groups is 2. The van der Waals surface area contributed by atoms with Crippen LogP contribution in [0.5, 0.6) is 0 Å². The Labute approximate surface area is 181 Å². The second kappa shape index (κ2) is 9.30. The van der Waals surface area contributed by atoms with Crippen LogP contribution in [0.4, 0.5) is 5.95 Å². The minimum atomic E-state index is -0.253. The number of amides is 1. The van der Waals surface area contributed by atoms with Gasteiger partial charge < -0.3 is 14.8 Å². The first kappa shape index (κ1) is 21.8. The highest BCUT2D eigenvalue weighted by Gasteiger charge is 2.36. The van der Waals surface area contributed by atoms with Crippen molar-refractivity contribution >= 4 is 40.6 Å². The number of Topliss-reactive ketones (excluding diaryl/α,β-unsaturated/α-hetero) is 1. The largest absolute Gasteiger partial charge is 0.350 e. The standard InChI is InChI=1S/C21H29ClN4O2S/c1-25(2)20-24-14-15(26(20)3)13-23-19(28)12-21(9-5-4-6-10-21)11-16(27)17-7-8-18(22)29-17/h7-8,14H,4-6,9-13H2,1-3H3,(H,23,28). The van der Waals surface area contributed by atoms with Crippen molar-refractivity contribution in [2.75, 3.05) is 19.0 Å². The summed E-state index contributed by atoms with van der Waals surface area (Å²) in [6.07, 6.45) is 7.73. The number of rotatable bonds is 8. The lowest BCUT2D eigenvalue weighted by atomic mass is 9.68. The van der Waals surface area contributed by atoms with Gasteiger partial charge in [0.05, 0.1) is 27.6 Å². The number of nitrogens with zero attached hydrogens (tertiary/aromatic N) is 3. The summed E-state index contributed by atoms with van der Waals surface area (Å²) in [5.41, 5.74) is 0.695. The zero-order chi connectivity index (χ0) is 21.0. The number of aromatic nitrogens is 2. The Bertz CT molecular complexity index is 868. The van der Waals surface area contributed by atoms with Crippen LogP contribution in [0.25, 0.3) is 0 Å². The van der Waals surface area contributed by atoms with Gasteiger partial charge in [0.1, 0.15) is 0 Å². The van der Waals surface area contributed by atoms with E-state index in [1.807, 2.05) is 30.6 Å². The molecule has 1 aliphatic carbocycles. The van der Waals surface area contributed by atoms with E-state index in [4.69, 9.17) is 11.6 Å². The Balaban J connectivity index is 1.63. The molecule has 6 nitrogen and oxygen atoms in total. The predicted molar refractivity (Wildman–Crippen MR) is 118 cm³/mol. The van der Waals surface area contributed by atoms with E-state index < -0.39 is 0 Å². The first-order valence-electron chi connectivity index (χ1n) is 10.0. The number of imidazole rings is 1. The fraction of sp³-hybridized carbons (Fsp3) is 0.571. The van der Waals surface area contributed by atoms with Crippen LogP contribution < -0.4 is 10.2 Å². The van der Waals surface area contributed by atoms with E-state index >= 15 is 0 Å². The van der Waals surface area contributed by atoms with Crippen molar-refractivity contribution in [1.82, 2.24) is 14.9 Å². The molecule has 29 heavy (non-hydrogen) atoms. The van der Waals surface area contributed by atoms with Crippen molar-refractivity contribution in [3.63, 3.8) is 0 Å². The first-order chi connectivity index (χ1) is 13.8. The molecule has 1 fully saturated rings. The van der Waals surface area contributed by atoms with E-state index in [9.17, 15) is 9.59 Å². The Morgan fingerprint density at radius 1 is 1.24 bits per heavy atom. The van der Waals surface area contributed by atoms with Crippen LogP contribution in [-0.4, -0.2) is 35.3 Å². The van der Waals surface area contributed by atoms with Gasteiger partial charge >= 0.3 is 0 Å². The first-order valence-corrected chi connectivity index (χ1v) is 11.2. The van der Waals surface area contributed by atoms with Crippen molar-refractivity contribution in [2.24, 2.45) is 12.5 Å². The summed E-state index contributed by atoms with van der Waals surface area (Å²) < 4.78 is 2.60. The van der Waals surface area contributed by atoms with E-state index in [1.54, 1.807) is 18.3 Å². The average Bonchev–Trinajstić information content (AvgIpc) is 3.26. The Hall–Kier alpha value is -1.86. The molecule has 0 aliphatic heterocycles. The number of carbonyl (C=O) groups excluding carboxylic acids is 2. The molecule has 1 saturated carbocycles. The van der Waals surface area contributed by atoms with Crippen LogP contribution in [-0.2, 0) is 18.4 Å². The molecule has 0 aromatic carbocycles. The fourth-order valence-electron chi connectivity index (χ4n) is 4.22. The summed E-state index contributed by atoms with van der Waals surface area (Å²) in [5, 5.41) is 3.03. The highest BCUT2D eigenvalue weighted by molar-refractivity contribution is 7.18. The van der Waals surface area contributed by atoms with Crippen molar-refractivity contribution in [3.8, 4) is 0 Å². The topological polar surface area (TPSA) is 67.2 Å². The van der Waals surface area contributed by atoms with E-state index in [1.165, 1.54) is 17.8 Å². The molecule has 8 heteroatoms. The number of ketones is 1. The molecule has 3 rings (SSSR count). The highest BCUT2D eigenvalue weighted by Crippen LogP contribution is 2.43. The van der Waals surface area contributed by atoms with Gasteiger partial charge in [-0.05, 0) is 30.4 Å². The molecule has 1 amide bonds. The number of hydrogen-bond donors (Lipinski definition) is 1. The third-order valence-electron chi connectivity index (χ3n) is 5.76.